The van der Waals surface area contributed by atoms with Crippen molar-refractivity contribution in [1.29, 1.82) is 0 Å². The lowest BCUT2D eigenvalue weighted by Crippen LogP contribution is -2.46. The van der Waals surface area contributed by atoms with Gasteiger partial charge in [-0.15, -0.1) is 0 Å². The SMILES string of the molecule is C[C@@H]1CCCN(C(=O)CCN2C(=O)[C@H](C)Oc3ccccc32)CC1. The lowest BCUT2D eigenvalue weighted by atomic mass is 10.0. The van der Waals surface area contributed by atoms with Crippen LogP contribution in [0.5, 0.6) is 5.75 Å². The van der Waals surface area contributed by atoms with Gasteiger partial charge in [-0.3, -0.25) is 9.59 Å². The fourth-order valence-corrected chi connectivity index (χ4v) is 3.47. The topological polar surface area (TPSA) is 49.9 Å². The van der Waals surface area contributed by atoms with Crippen LogP contribution in [0.2, 0.25) is 0 Å². The standard InChI is InChI=1S/C19H26N2O3/c1-14-6-5-11-20(12-9-14)18(22)10-13-21-16-7-3-4-8-17(16)24-15(2)19(21)23/h3-4,7-8,14-15H,5-6,9-13H2,1-2H3/t14-,15+/m1/s1. The zero-order valence-electron chi connectivity index (χ0n) is 14.5. The Morgan fingerprint density at radius 3 is 2.83 bits per heavy atom. The molecule has 24 heavy (non-hydrogen) atoms. The molecule has 0 unspecified atom stereocenters. The van der Waals surface area contributed by atoms with Gasteiger partial charge in [0, 0.05) is 26.1 Å². The number of carbonyl (C=O) groups excluding carboxylic acids is 2. The molecule has 0 aliphatic carbocycles. The van der Waals surface area contributed by atoms with Crippen LogP contribution >= 0.6 is 0 Å². The highest BCUT2D eigenvalue weighted by Crippen LogP contribution is 2.33. The third-order valence-electron chi connectivity index (χ3n) is 4.99. The molecule has 1 aromatic carbocycles. The Kier molecular flexibility index (Phi) is 5.07. The fourth-order valence-electron chi connectivity index (χ4n) is 3.47. The third-order valence-corrected chi connectivity index (χ3v) is 4.99. The highest BCUT2D eigenvalue weighted by Gasteiger charge is 2.31. The summed E-state index contributed by atoms with van der Waals surface area (Å²) in [5.41, 5.74) is 0.762. The van der Waals surface area contributed by atoms with Crippen molar-refractivity contribution in [2.45, 2.75) is 45.6 Å². The van der Waals surface area contributed by atoms with Gasteiger partial charge in [-0.25, -0.2) is 0 Å². The first kappa shape index (κ1) is 16.8. The van der Waals surface area contributed by atoms with Crippen molar-refractivity contribution in [2.24, 2.45) is 5.92 Å². The largest absolute Gasteiger partial charge is 0.479 e. The lowest BCUT2D eigenvalue weighted by molar-refractivity contribution is -0.131. The molecule has 1 fully saturated rings. The maximum absolute atomic E-state index is 12.6. The minimum atomic E-state index is -0.506. The number of ether oxygens (including phenoxy) is 1. The van der Waals surface area contributed by atoms with Crippen LogP contribution in [0.1, 0.15) is 39.5 Å². The van der Waals surface area contributed by atoms with Crippen LogP contribution in [0.3, 0.4) is 0 Å². The van der Waals surface area contributed by atoms with Crippen LogP contribution in [0, 0.1) is 5.92 Å². The first-order valence-corrected chi connectivity index (χ1v) is 8.91. The van der Waals surface area contributed by atoms with Gasteiger partial charge in [-0.2, -0.15) is 0 Å². The van der Waals surface area contributed by atoms with Crippen LogP contribution < -0.4 is 9.64 Å². The zero-order valence-corrected chi connectivity index (χ0v) is 14.5. The number of fused-ring (bicyclic) bond motifs is 1. The quantitative estimate of drug-likeness (QED) is 0.856. The van der Waals surface area contributed by atoms with Crippen LogP contribution in [0.15, 0.2) is 24.3 Å². The molecule has 2 amide bonds. The van der Waals surface area contributed by atoms with Crippen LogP contribution in [-0.2, 0) is 9.59 Å². The van der Waals surface area contributed by atoms with E-state index in [4.69, 9.17) is 4.74 Å². The Hall–Kier alpha value is -2.04. The number of nitrogens with zero attached hydrogens (tertiary/aromatic N) is 2. The third kappa shape index (κ3) is 3.55. The smallest absolute Gasteiger partial charge is 0.267 e. The number of likely N-dealkylation sites (tertiary alicyclic amines) is 1. The summed E-state index contributed by atoms with van der Waals surface area (Å²) in [4.78, 5) is 28.7. The number of anilines is 1. The van der Waals surface area contributed by atoms with Gasteiger partial charge in [-0.05, 0) is 44.2 Å². The van der Waals surface area contributed by atoms with Gasteiger partial charge in [0.05, 0.1) is 5.69 Å². The van der Waals surface area contributed by atoms with Gasteiger partial charge in [0.1, 0.15) is 5.75 Å². The van der Waals surface area contributed by atoms with E-state index in [9.17, 15) is 9.59 Å². The molecular weight excluding hydrogens is 304 g/mol. The lowest BCUT2D eigenvalue weighted by Gasteiger charge is -2.33. The summed E-state index contributed by atoms with van der Waals surface area (Å²) < 4.78 is 5.64. The summed E-state index contributed by atoms with van der Waals surface area (Å²) in [6.45, 7) is 6.09. The second kappa shape index (κ2) is 7.24. The van der Waals surface area contributed by atoms with Gasteiger partial charge in [0.25, 0.3) is 5.91 Å². The van der Waals surface area contributed by atoms with Crippen molar-refractivity contribution < 1.29 is 14.3 Å². The molecule has 0 saturated carbocycles. The Balaban J connectivity index is 1.65. The van der Waals surface area contributed by atoms with E-state index < -0.39 is 6.10 Å². The molecule has 2 aliphatic heterocycles. The summed E-state index contributed by atoms with van der Waals surface area (Å²) in [5, 5.41) is 0. The predicted molar refractivity (Wildman–Crippen MR) is 93.1 cm³/mol. The Morgan fingerprint density at radius 1 is 1.21 bits per heavy atom. The van der Waals surface area contributed by atoms with E-state index in [1.165, 1.54) is 6.42 Å². The van der Waals surface area contributed by atoms with Gasteiger partial charge in [-0.1, -0.05) is 19.1 Å². The van der Waals surface area contributed by atoms with E-state index in [1.54, 1.807) is 11.8 Å². The molecule has 0 radical (unpaired) electrons. The number of hydrogen-bond acceptors (Lipinski definition) is 3. The molecule has 5 nitrogen and oxygen atoms in total. The monoisotopic (exact) mass is 330 g/mol. The van der Waals surface area contributed by atoms with Crippen LogP contribution in [-0.4, -0.2) is 42.5 Å². The van der Waals surface area contributed by atoms with Crippen molar-refractivity contribution >= 4 is 17.5 Å². The molecule has 2 aliphatic rings. The molecule has 0 aromatic heterocycles. The molecule has 3 rings (SSSR count). The molecule has 5 heteroatoms. The molecule has 1 aromatic rings. The number of hydrogen-bond donors (Lipinski definition) is 0. The Morgan fingerprint density at radius 2 is 2.00 bits per heavy atom. The number of carbonyl (C=O) groups is 2. The maximum Gasteiger partial charge on any atom is 0.267 e. The fraction of sp³-hybridized carbons (Fsp3) is 0.579. The Labute approximate surface area is 143 Å². The predicted octanol–water partition coefficient (Wildman–Crippen LogP) is 2.84. The molecule has 0 spiro atoms. The second-order valence-corrected chi connectivity index (χ2v) is 6.88. The van der Waals surface area contributed by atoms with Crippen molar-refractivity contribution in [1.82, 2.24) is 4.90 Å². The zero-order chi connectivity index (χ0) is 17.1. The van der Waals surface area contributed by atoms with E-state index in [2.05, 4.69) is 6.92 Å². The molecule has 0 N–H and O–H groups in total. The second-order valence-electron chi connectivity index (χ2n) is 6.88. The van der Waals surface area contributed by atoms with E-state index in [-0.39, 0.29) is 11.8 Å². The molecule has 130 valence electrons. The summed E-state index contributed by atoms with van der Waals surface area (Å²) in [5.74, 6) is 1.47. The normalized spacial score (nSPS) is 24.2. The summed E-state index contributed by atoms with van der Waals surface area (Å²) in [6.07, 6.45) is 3.19. The first-order valence-electron chi connectivity index (χ1n) is 8.91. The minimum absolute atomic E-state index is 0.0778. The summed E-state index contributed by atoms with van der Waals surface area (Å²) in [6, 6.07) is 7.51. The molecule has 0 bridgehead atoms. The molecular formula is C19H26N2O3. The highest BCUT2D eigenvalue weighted by atomic mass is 16.5. The van der Waals surface area contributed by atoms with Crippen molar-refractivity contribution in [2.75, 3.05) is 24.5 Å². The van der Waals surface area contributed by atoms with Crippen LogP contribution in [0.4, 0.5) is 5.69 Å². The minimum Gasteiger partial charge on any atom is -0.479 e. The van der Waals surface area contributed by atoms with E-state index >= 15 is 0 Å². The maximum atomic E-state index is 12.6. The van der Waals surface area contributed by atoms with Crippen LogP contribution in [0.25, 0.3) is 0 Å². The van der Waals surface area contributed by atoms with Crippen molar-refractivity contribution in [3.05, 3.63) is 24.3 Å². The van der Waals surface area contributed by atoms with Crippen molar-refractivity contribution in [3.8, 4) is 5.75 Å². The summed E-state index contributed by atoms with van der Waals surface area (Å²) in [7, 11) is 0. The van der Waals surface area contributed by atoms with Gasteiger partial charge >= 0.3 is 0 Å². The molecule has 1 saturated heterocycles. The van der Waals surface area contributed by atoms with Gasteiger partial charge in [0.2, 0.25) is 5.91 Å². The molecule has 2 atom stereocenters. The average Bonchev–Trinajstić information content (AvgIpc) is 2.80. The van der Waals surface area contributed by atoms with Crippen molar-refractivity contribution in [3.63, 3.8) is 0 Å². The average molecular weight is 330 g/mol. The van der Waals surface area contributed by atoms with Gasteiger partial charge < -0.3 is 14.5 Å². The van der Waals surface area contributed by atoms with E-state index in [0.717, 1.165) is 31.6 Å². The Bertz CT molecular complexity index is 616. The van der Waals surface area contributed by atoms with Gasteiger partial charge in [0.15, 0.2) is 6.10 Å². The number of benzene rings is 1. The summed E-state index contributed by atoms with van der Waals surface area (Å²) >= 11 is 0. The highest BCUT2D eigenvalue weighted by molar-refractivity contribution is 6.00. The first-order chi connectivity index (χ1) is 11.6. The number of amides is 2. The molecule has 2 heterocycles. The number of rotatable bonds is 3. The number of para-hydroxylation sites is 2. The van der Waals surface area contributed by atoms with E-state index in [1.807, 2.05) is 29.2 Å². The van der Waals surface area contributed by atoms with E-state index in [0.29, 0.717) is 24.6 Å².